The highest BCUT2D eigenvalue weighted by atomic mass is 35.5. The lowest BCUT2D eigenvalue weighted by molar-refractivity contribution is 0.458. The first-order valence-corrected chi connectivity index (χ1v) is 8.48. The number of aromatic nitrogens is 4. The van der Waals surface area contributed by atoms with E-state index in [-0.39, 0.29) is 0 Å². The number of rotatable bonds is 1. The molecular formula is C17H18ClN5O2. The Kier molecular flexibility index (Phi) is 3.50. The van der Waals surface area contributed by atoms with Crippen LogP contribution in [-0.4, -0.2) is 25.6 Å². The van der Waals surface area contributed by atoms with Gasteiger partial charge in [0.2, 0.25) is 5.95 Å². The van der Waals surface area contributed by atoms with E-state index >= 15 is 0 Å². The van der Waals surface area contributed by atoms with Gasteiger partial charge in [0.1, 0.15) is 0 Å². The molecule has 1 aliphatic heterocycles. The van der Waals surface area contributed by atoms with Gasteiger partial charge in [-0.15, -0.1) is 0 Å². The largest absolute Gasteiger partial charge is 0.329 e. The van der Waals surface area contributed by atoms with E-state index in [1.165, 1.54) is 4.57 Å². The molecule has 0 fully saturated rings. The Morgan fingerprint density at radius 2 is 2.04 bits per heavy atom. The molecule has 0 radical (unpaired) electrons. The maximum Gasteiger partial charge on any atom is 0.329 e. The minimum Gasteiger partial charge on any atom is -0.311 e. The Bertz CT molecular complexity index is 1110. The van der Waals surface area contributed by atoms with Gasteiger partial charge in [-0.2, -0.15) is 4.98 Å². The molecule has 1 aromatic carbocycles. The van der Waals surface area contributed by atoms with Crippen molar-refractivity contribution in [3.63, 3.8) is 0 Å². The number of H-pyrrole nitrogens is 1. The molecule has 0 spiro atoms. The Morgan fingerprint density at radius 1 is 1.28 bits per heavy atom. The molecule has 25 heavy (non-hydrogen) atoms. The number of imidazole rings is 1. The van der Waals surface area contributed by atoms with Crippen LogP contribution in [0, 0.1) is 12.8 Å². The number of benzene rings is 1. The molecule has 0 saturated heterocycles. The van der Waals surface area contributed by atoms with Gasteiger partial charge in [0.25, 0.3) is 5.56 Å². The van der Waals surface area contributed by atoms with E-state index in [1.807, 2.05) is 29.7 Å². The van der Waals surface area contributed by atoms with E-state index in [9.17, 15) is 9.59 Å². The summed E-state index contributed by atoms with van der Waals surface area (Å²) in [6.07, 6.45) is 0. The maximum absolute atomic E-state index is 12.4. The SMILES string of the molecule is Cc1c(Cl)cccc1N1C[C@@H](C)Cn2c1nc1c2c(=O)[nH]c(=O)n1C. The van der Waals surface area contributed by atoms with Crippen LogP contribution in [0.25, 0.3) is 11.2 Å². The lowest BCUT2D eigenvalue weighted by Gasteiger charge is -2.34. The zero-order chi connectivity index (χ0) is 17.9. The fraction of sp³-hybridized carbons (Fsp3) is 0.353. The van der Waals surface area contributed by atoms with Crippen molar-refractivity contribution in [3.8, 4) is 0 Å². The molecular weight excluding hydrogens is 342 g/mol. The molecule has 7 nitrogen and oxygen atoms in total. The van der Waals surface area contributed by atoms with Crippen molar-refractivity contribution in [2.75, 3.05) is 11.4 Å². The molecule has 0 amide bonds. The van der Waals surface area contributed by atoms with Gasteiger partial charge in [-0.3, -0.25) is 14.3 Å². The van der Waals surface area contributed by atoms with Crippen LogP contribution >= 0.6 is 11.6 Å². The zero-order valence-electron chi connectivity index (χ0n) is 14.2. The number of hydrogen-bond acceptors (Lipinski definition) is 4. The second kappa shape index (κ2) is 5.49. The monoisotopic (exact) mass is 359 g/mol. The average Bonchev–Trinajstić information content (AvgIpc) is 2.94. The molecule has 0 aliphatic carbocycles. The predicted octanol–water partition coefficient (Wildman–Crippen LogP) is 2.17. The van der Waals surface area contributed by atoms with Gasteiger partial charge in [-0.1, -0.05) is 24.6 Å². The summed E-state index contributed by atoms with van der Waals surface area (Å²) < 4.78 is 3.26. The highest BCUT2D eigenvalue weighted by molar-refractivity contribution is 6.31. The zero-order valence-corrected chi connectivity index (χ0v) is 15.0. The molecule has 130 valence electrons. The summed E-state index contributed by atoms with van der Waals surface area (Å²) in [6.45, 7) is 5.52. The van der Waals surface area contributed by atoms with Crippen molar-refractivity contribution in [2.45, 2.75) is 20.4 Å². The summed E-state index contributed by atoms with van der Waals surface area (Å²) in [6, 6.07) is 5.75. The topological polar surface area (TPSA) is 75.9 Å². The van der Waals surface area contributed by atoms with Crippen molar-refractivity contribution >= 4 is 34.4 Å². The minimum absolute atomic E-state index is 0.305. The molecule has 4 rings (SSSR count). The van der Waals surface area contributed by atoms with Crippen molar-refractivity contribution in [3.05, 3.63) is 49.6 Å². The smallest absolute Gasteiger partial charge is 0.311 e. The van der Waals surface area contributed by atoms with E-state index in [1.54, 1.807) is 7.05 Å². The number of aromatic amines is 1. The molecule has 0 bridgehead atoms. The Hall–Kier alpha value is -2.54. The van der Waals surface area contributed by atoms with Gasteiger partial charge in [-0.05, 0) is 30.5 Å². The molecule has 3 heterocycles. The quantitative estimate of drug-likeness (QED) is 0.722. The van der Waals surface area contributed by atoms with Crippen LogP contribution in [0.4, 0.5) is 11.6 Å². The third-order valence-electron chi connectivity index (χ3n) is 4.75. The maximum atomic E-state index is 12.4. The van der Waals surface area contributed by atoms with E-state index in [0.29, 0.717) is 34.6 Å². The molecule has 1 aliphatic rings. The van der Waals surface area contributed by atoms with Crippen molar-refractivity contribution < 1.29 is 0 Å². The Morgan fingerprint density at radius 3 is 2.80 bits per heavy atom. The fourth-order valence-electron chi connectivity index (χ4n) is 3.46. The first kappa shape index (κ1) is 16.0. The molecule has 0 saturated carbocycles. The number of nitrogens with zero attached hydrogens (tertiary/aromatic N) is 4. The van der Waals surface area contributed by atoms with Crippen LogP contribution in [0.2, 0.25) is 5.02 Å². The van der Waals surface area contributed by atoms with Crippen molar-refractivity contribution in [1.82, 2.24) is 19.1 Å². The number of anilines is 2. The third-order valence-corrected chi connectivity index (χ3v) is 5.16. The van der Waals surface area contributed by atoms with Gasteiger partial charge >= 0.3 is 5.69 Å². The van der Waals surface area contributed by atoms with Crippen molar-refractivity contribution in [2.24, 2.45) is 13.0 Å². The second-order valence-electron chi connectivity index (χ2n) is 6.61. The van der Waals surface area contributed by atoms with Gasteiger partial charge in [-0.25, -0.2) is 4.79 Å². The summed E-state index contributed by atoms with van der Waals surface area (Å²) in [5.41, 5.74) is 1.85. The summed E-state index contributed by atoms with van der Waals surface area (Å²) in [7, 11) is 1.61. The molecule has 3 aromatic rings. The van der Waals surface area contributed by atoms with E-state index < -0.39 is 11.2 Å². The summed E-state index contributed by atoms with van der Waals surface area (Å²) >= 11 is 6.29. The summed E-state index contributed by atoms with van der Waals surface area (Å²) in [5.74, 6) is 0.963. The molecule has 1 N–H and O–H groups in total. The number of fused-ring (bicyclic) bond motifs is 3. The first-order chi connectivity index (χ1) is 11.9. The Balaban J connectivity index is 2.04. The number of hydrogen-bond donors (Lipinski definition) is 1. The molecule has 0 unspecified atom stereocenters. The normalized spacial score (nSPS) is 17.1. The number of halogens is 1. The molecule has 8 heteroatoms. The highest BCUT2D eigenvalue weighted by Gasteiger charge is 2.29. The predicted molar refractivity (Wildman–Crippen MR) is 98.0 cm³/mol. The number of nitrogens with one attached hydrogen (secondary N) is 1. The Labute approximate surface area is 148 Å². The van der Waals surface area contributed by atoms with Gasteiger partial charge in [0, 0.05) is 30.8 Å². The standard InChI is InChI=1S/C17H18ClN5O2/c1-9-7-22(12-6-4-5-11(18)10(12)2)16-19-14-13(23(16)8-9)15(24)20-17(25)21(14)3/h4-6,9H,7-8H2,1-3H3,(H,20,24,25)/t9-/m1/s1. The van der Waals surface area contributed by atoms with Crippen LogP contribution < -0.4 is 16.1 Å². The highest BCUT2D eigenvalue weighted by Crippen LogP contribution is 2.36. The summed E-state index contributed by atoms with van der Waals surface area (Å²) in [5, 5.41) is 0.684. The van der Waals surface area contributed by atoms with E-state index in [0.717, 1.165) is 17.8 Å². The fourth-order valence-corrected chi connectivity index (χ4v) is 3.63. The molecule has 1 atom stereocenters. The van der Waals surface area contributed by atoms with Crippen molar-refractivity contribution in [1.29, 1.82) is 0 Å². The van der Waals surface area contributed by atoms with Gasteiger partial charge < -0.3 is 9.47 Å². The summed E-state index contributed by atoms with van der Waals surface area (Å²) in [4.78, 5) is 33.3. The van der Waals surface area contributed by atoms with Crippen LogP contribution in [-0.2, 0) is 13.6 Å². The van der Waals surface area contributed by atoms with E-state index in [4.69, 9.17) is 11.6 Å². The lowest BCUT2D eigenvalue weighted by atomic mass is 10.1. The van der Waals surface area contributed by atoms with Crippen LogP contribution in [0.3, 0.4) is 0 Å². The number of aryl methyl sites for hydroxylation is 1. The third kappa shape index (κ3) is 2.30. The lowest BCUT2D eigenvalue weighted by Crippen LogP contribution is -2.35. The first-order valence-electron chi connectivity index (χ1n) is 8.10. The second-order valence-corrected chi connectivity index (χ2v) is 7.02. The van der Waals surface area contributed by atoms with E-state index in [2.05, 4.69) is 21.8 Å². The van der Waals surface area contributed by atoms with Crippen LogP contribution in [0.15, 0.2) is 27.8 Å². The van der Waals surface area contributed by atoms with Crippen LogP contribution in [0.5, 0.6) is 0 Å². The van der Waals surface area contributed by atoms with Gasteiger partial charge in [0.05, 0.1) is 0 Å². The average molecular weight is 360 g/mol. The molecule has 2 aromatic heterocycles. The van der Waals surface area contributed by atoms with Crippen LogP contribution in [0.1, 0.15) is 12.5 Å². The van der Waals surface area contributed by atoms with Gasteiger partial charge in [0.15, 0.2) is 11.2 Å². The minimum atomic E-state index is -0.466.